The highest BCUT2D eigenvalue weighted by Gasteiger charge is 2.26. The van der Waals surface area contributed by atoms with Crippen molar-refractivity contribution in [3.63, 3.8) is 0 Å². The average Bonchev–Trinajstić information content (AvgIpc) is 3.31. The van der Waals surface area contributed by atoms with Crippen LogP contribution in [0.4, 0.5) is 0 Å². The minimum absolute atomic E-state index is 0. The Morgan fingerprint density at radius 3 is 2.93 bits per heavy atom. The van der Waals surface area contributed by atoms with E-state index in [9.17, 15) is 0 Å². The van der Waals surface area contributed by atoms with Gasteiger partial charge in [-0.15, -0.1) is 23.7 Å². The number of methoxy groups -OCH3 is 1. The molecule has 2 aromatic heterocycles. The number of hydrogen-bond donors (Lipinski definition) is 1. The van der Waals surface area contributed by atoms with Crippen LogP contribution in [0.3, 0.4) is 0 Å². The highest BCUT2D eigenvalue weighted by atomic mass is 35.5. The van der Waals surface area contributed by atoms with E-state index in [4.69, 9.17) is 9.15 Å². The van der Waals surface area contributed by atoms with Gasteiger partial charge in [0.05, 0.1) is 13.2 Å². The Labute approximate surface area is 169 Å². The summed E-state index contributed by atoms with van der Waals surface area (Å²) in [5.74, 6) is 2.71. The summed E-state index contributed by atoms with van der Waals surface area (Å²) in [5, 5.41) is 4.45. The first kappa shape index (κ1) is 19.9. The number of para-hydroxylation sites is 1. The first-order valence-electron chi connectivity index (χ1n) is 8.84. The van der Waals surface area contributed by atoms with Gasteiger partial charge in [-0.2, -0.15) is 0 Å². The van der Waals surface area contributed by atoms with Crippen LogP contribution in [0.1, 0.15) is 22.2 Å². The SMILES string of the molecule is COc1ccccc1C1CNCCN1Cc1cnc(-c2ccc(C)o2)s1.Cl. The fourth-order valence-electron chi connectivity index (χ4n) is 3.43. The first-order chi connectivity index (χ1) is 12.7. The fraction of sp³-hybridized carbons (Fsp3) is 0.350. The molecule has 1 atom stereocenters. The maximum atomic E-state index is 5.70. The van der Waals surface area contributed by atoms with Gasteiger partial charge in [0.15, 0.2) is 10.8 Å². The molecule has 27 heavy (non-hydrogen) atoms. The molecule has 1 aliphatic rings. The third-order valence-corrected chi connectivity index (χ3v) is 5.71. The lowest BCUT2D eigenvalue weighted by molar-refractivity contribution is 0.152. The number of furan rings is 1. The predicted octanol–water partition coefficient (Wildman–Crippen LogP) is 4.29. The van der Waals surface area contributed by atoms with Crippen molar-refractivity contribution in [2.45, 2.75) is 19.5 Å². The maximum Gasteiger partial charge on any atom is 0.162 e. The first-order valence-corrected chi connectivity index (χ1v) is 9.65. The third kappa shape index (κ3) is 4.35. The summed E-state index contributed by atoms with van der Waals surface area (Å²) in [5.41, 5.74) is 1.23. The molecule has 1 fully saturated rings. The minimum Gasteiger partial charge on any atom is -0.496 e. The van der Waals surface area contributed by atoms with Crippen LogP contribution in [0.15, 0.2) is 47.0 Å². The van der Waals surface area contributed by atoms with E-state index < -0.39 is 0 Å². The van der Waals surface area contributed by atoms with Crippen LogP contribution in [-0.4, -0.2) is 36.6 Å². The largest absolute Gasteiger partial charge is 0.496 e. The van der Waals surface area contributed by atoms with E-state index in [0.717, 1.165) is 48.5 Å². The van der Waals surface area contributed by atoms with Crippen molar-refractivity contribution in [2.24, 2.45) is 0 Å². The molecule has 1 unspecified atom stereocenters. The number of ether oxygens (including phenoxy) is 1. The summed E-state index contributed by atoms with van der Waals surface area (Å²) in [6, 6.07) is 12.5. The van der Waals surface area contributed by atoms with Gasteiger partial charge in [-0.05, 0) is 25.1 Å². The van der Waals surface area contributed by atoms with Crippen LogP contribution in [0.2, 0.25) is 0 Å². The molecule has 0 spiro atoms. The maximum absolute atomic E-state index is 5.70. The van der Waals surface area contributed by atoms with Gasteiger partial charge in [-0.1, -0.05) is 18.2 Å². The van der Waals surface area contributed by atoms with Crippen molar-refractivity contribution in [1.29, 1.82) is 0 Å². The normalized spacial score (nSPS) is 17.5. The standard InChI is InChI=1S/C20H23N3O2S.ClH/c1-14-7-8-19(25-14)20-22-11-15(26-20)13-23-10-9-21-12-17(23)16-5-3-4-6-18(16)24-2;/h3-8,11,17,21H,9-10,12-13H2,1-2H3;1H. The van der Waals surface area contributed by atoms with E-state index in [1.165, 1.54) is 10.4 Å². The van der Waals surface area contributed by atoms with Crippen LogP contribution in [0.25, 0.3) is 10.8 Å². The van der Waals surface area contributed by atoms with Crippen LogP contribution in [0, 0.1) is 6.92 Å². The van der Waals surface area contributed by atoms with Gasteiger partial charge in [-0.3, -0.25) is 4.90 Å². The topological polar surface area (TPSA) is 50.5 Å². The molecular weight excluding hydrogens is 382 g/mol. The number of benzene rings is 1. The van der Waals surface area contributed by atoms with E-state index in [2.05, 4.69) is 27.3 Å². The Kier molecular flexibility index (Phi) is 6.55. The van der Waals surface area contributed by atoms with E-state index >= 15 is 0 Å². The molecule has 0 aliphatic carbocycles. The van der Waals surface area contributed by atoms with Crippen LogP contribution >= 0.6 is 23.7 Å². The molecule has 5 nitrogen and oxygen atoms in total. The van der Waals surface area contributed by atoms with Gasteiger partial charge < -0.3 is 14.5 Å². The van der Waals surface area contributed by atoms with Gasteiger partial charge in [0.1, 0.15) is 11.5 Å². The zero-order valence-corrected chi connectivity index (χ0v) is 17.1. The number of aromatic nitrogens is 1. The van der Waals surface area contributed by atoms with Crippen molar-refractivity contribution < 1.29 is 9.15 Å². The lowest BCUT2D eigenvalue weighted by atomic mass is 10.0. The number of piperazine rings is 1. The zero-order chi connectivity index (χ0) is 17.9. The Morgan fingerprint density at radius 1 is 1.30 bits per heavy atom. The summed E-state index contributed by atoms with van der Waals surface area (Å²) in [7, 11) is 1.74. The number of thiazole rings is 1. The Balaban J connectivity index is 0.00000210. The molecule has 1 aromatic carbocycles. The molecule has 144 valence electrons. The van der Waals surface area contributed by atoms with Crippen molar-refractivity contribution in [3.8, 4) is 16.5 Å². The molecule has 3 heterocycles. The second-order valence-electron chi connectivity index (χ2n) is 6.47. The van der Waals surface area contributed by atoms with Gasteiger partial charge in [0, 0.05) is 42.8 Å². The van der Waals surface area contributed by atoms with Gasteiger partial charge in [-0.25, -0.2) is 4.98 Å². The quantitative estimate of drug-likeness (QED) is 0.686. The Hall–Kier alpha value is -1.86. The average molecular weight is 406 g/mol. The molecule has 0 radical (unpaired) electrons. The Bertz CT molecular complexity index is 880. The highest BCUT2D eigenvalue weighted by Crippen LogP contribution is 2.33. The number of halogens is 1. The molecule has 3 aromatic rings. The monoisotopic (exact) mass is 405 g/mol. The molecule has 0 amide bonds. The van der Waals surface area contributed by atoms with Crippen molar-refractivity contribution in [3.05, 3.63) is 58.8 Å². The number of aryl methyl sites for hydroxylation is 1. The van der Waals surface area contributed by atoms with Crippen LogP contribution in [-0.2, 0) is 6.54 Å². The summed E-state index contributed by atoms with van der Waals surface area (Å²) in [4.78, 5) is 8.30. The molecule has 1 aliphatic heterocycles. The smallest absolute Gasteiger partial charge is 0.162 e. The summed E-state index contributed by atoms with van der Waals surface area (Å²) >= 11 is 1.70. The number of hydrogen-bond acceptors (Lipinski definition) is 6. The number of nitrogens with one attached hydrogen (secondary N) is 1. The molecular formula is C20H24ClN3O2S. The number of nitrogens with zero attached hydrogens (tertiary/aromatic N) is 2. The lowest BCUT2D eigenvalue weighted by Crippen LogP contribution is -2.45. The zero-order valence-electron chi connectivity index (χ0n) is 15.5. The summed E-state index contributed by atoms with van der Waals surface area (Å²) in [6.45, 7) is 5.74. The van der Waals surface area contributed by atoms with Gasteiger partial charge in [0.25, 0.3) is 0 Å². The second-order valence-corrected chi connectivity index (χ2v) is 7.59. The molecule has 1 saturated heterocycles. The summed E-state index contributed by atoms with van der Waals surface area (Å²) < 4.78 is 11.3. The molecule has 1 N–H and O–H groups in total. The van der Waals surface area contributed by atoms with E-state index in [1.54, 1.807) is 18.4 Å². The summed E-state index contributed by atoms with van der Waals surface area (Å²) in [6.07, 6.45) is 1.97. The molecule has 4 rings (SSSR count). The molecule has 7 heteroatoms. The fourth-order valence-corrected chi connectivity index (χ4v) is 4.33. The van der Waals surface area contributed by atoms with Crippen molar-refractivity contribution >= 4 is 23.7 Å². The minimum atomic E-state index is 0. The van der Waals surface area contributed by atoms with Crippen molar-refractivity contribution in [2.75, 3.05) is 26.7 Å². The second kappa shape index (κ2) is 8.89. The lowest BCUT2D eigenvalue weighted by Gasteiger charge is -2.36. The van der Waals surface area contributed by atoms with Gasteiger partial charge >= 0.3 is 0 Å². The highest BCUT2D eigenvalue weighted by molar-refractivity contribution is 7.14. The van der Waals surface area contributed by atoms with Crippen LogP contribution in [0.5, 0.6) is 5.75 Å². The molecule has 0 saturated carbocycles. The van der Waals surface area contributed by atoms with Crippen molar-refractivity contribution in [1.82, 2.24) is 15.2 Å². The number of rotatable bonds is 5. The van der Waals surface area contributed by atoms with Gasteiger partial charge in [0.2, 0.25) is 0 Å². The van der Waals surface area contributed by atoms with Crippen LogP contribution < -0.4 is 10.1 Å². The third-order valence-electron chi connectivity index (χ3n) is 4.72. The van der Waals surface area contributed by atoms with E-state index in [1.807, 2.05) is 37.4 Å². The van der Waals surface area contributed by atoms with E-state index in [0.29, 0.717) is 0 Å². The van der Waals surface area contributed by atoms with E-state index in [-0.39, 0.29) is 18.4 Å². The predicted molar refractivity (Wildman–Crippen MR) is 111 cm³/mol. The Morgan fingerprint density at radius 2 is 2.15 bits per heavy atom. The molecule has 0 bridgehead atoms.